The highest BCUT2D eigenvalue weighted by atomic mass is 35.5. The first-order valence-electron chi connectivity index (χ1n) is 10.2. The van der Waals surface area contributed by atoms with Gasteiger partial charge in [-0.25, -0.2) is 0 Å². The van der Waals surface area contributed by atoms with Crippen LogP contribution >= 0.6 is 23.4 Å². The van der Waals surface area contributed by atoms with Gasteiger partial charge in [-0.15, -0.1) is 10.2 Å². The SMILES string of the molecule is Cc1ccc(-c2noc(CSc3nnc(-c4ccncc4)n3-c3cccc(Cl)c3C)n2)cc1. The van der Waals surface area contributed by atoms with Crippen LogP contribution in [0, 0.1) is 13.8 Å². The number of rotatable bonds is 6. The first-order chi connectivity index (χ1) is 16.1. The molecule has 3 heterocycles. The molecule has 0 radical (unpaired) electrons. The molecule has 0 N–H and O–H groups in total. The Balaban J connectivity index is 1.47. The number of benzene rings is 2. The third-order valence-corrected chi connectivity index (χ3v) is 6.48. The summed E-state index contributed by atoms with van der Waals surface area (Å²) in [5, 5.41) is 14.4. The van der Waals surface area contributed by atoms with Crippen LogP contribution in [0.5, 0.6) is 0 Å². The van der Waals surface area contributed by atoms with Crippen LogP contribution in [0.2, 0.25) is 5.02 Å². The summed E-state index contributed by atoms with van der Waals surface area (Å²) < 4.78 is 7.48. The lowest BCUT2D eigenvalue weighted by atomic mass is 10.1. The van der Waals surface area contributed by atoms with Gasteiger partial charge < -0.3 is 4.52 Å². The molecular weight excluding hydrogens is 456 g/mol. The molecule has 0 aliphatic carbocycles. The van der Waals surface area contributed by atoms with Gasteiger partial charge in [0.2, 0.25) is 11.7 Å². The Morgan fingerprint density at radius 3 is 2.52 bits per heavy atom. The van der Waals surface area contributed by atoms with Crippen LogP contribution in [-0.2, 0) is 5.75 Å². The molecule has 33 heavy (non-hydrogen) atoms. The summed E-state index contributed by atoms with van der Waals surface area (Å²) in [6, 6.07) is 17.6. The van der Waals surface area contributed by atoms with E-state index in [0.29, 0.717) is 33.5 Å². The van der Waals surface area contributed by atoms with Crippen molar-refractivity contribution in [3.05, 3.63) is 89.0 Å². The second-order valence-corrected chi connectivity index (χ2v) is 8.78. The summed E-state index contributed by atoms with van der Waals surface area (Å²) >= 11 is 7.89. The van der Waals surface area contributed by atoms with Crippen LogP contribution in [0.15, 0.2) is 76.7 Å². The maximum atomic E-state index is 6.42. The Bertz CT molecular complexity index is 1400. The molecule has 5 rings (SSSR count). The third kappa shape index (κ3) is 4.40. The van der Waals surface area contributed by atoms with E-state index in [1.807, 2.05) is 73.0 Å². The van der Waals surface area contributed by atoms with Crippen LogP contribution < -0.4 is 0 Å². The summed E-state index contributed by atoms with van der Waals surface area (Å²) in [7, 11) is 0. The normalized spacial score (nSPS) is 11.1. The summed E-state index contributed by atoms with van der Waals surface area (Å²) in [5.41, 5.74) is 4.85. The van der Waals surface area contributed by atoms with Crippen molar-refractivity contribution in [3.63, 3.8) is 0 Å². The molecule has 7 nitrogen and oxygen atoms in total. The van der Waals surface area contributed by atoms with E-state index in [4.69, 9.17) is 16.1 Å². The number of halogens is 1. The van der Waals surface area contributed by atoms with E-state index in [0.717, 1.165) is 22.4 Å². The zero-order chi connectivity index (χ0) is 22.8. The molecular formula is C24H19ClN6OS. The van der Waals surface area contributed by atoms with Crippen LogP contribution in [0.3, 0.4) is 0 Å². The fourth-order valence-electron chi connectivity index (χ4n) is 3.37. The highest BCUT2D eigenvalue weighted by Crippen LogP contribution is 2.32. The van der Waals surface area contributed by atoms with Crippen molar-refractivity contribution in [2.45, 2.75) is 24.8 Å². The maximum Gasteiger partial charge on any atom is 0.237 e. The van der Waals surface area contributed by atoms with E-state index in [1.165, 1.54) is 17.3 Å². The van der Waals surface area contributed by atoms with Crippen molar-refractivity contribution >= 4 is 23.4 Å². The van der Waals surface area contributed by atoms with Crippen LogP contribution in [0.1, 0.15) is 17.0 Å². The van der Waals surface area contributed by atoms with E-state index >= 15 is 0 Å². The molecule has 0 spiro atoms. The van der Waals surface area contributed by atoms with Crippen LogP contribution in [0.4, 0.5) is 0 Å². The van der Waals surface area contributed by atoms with E-state index < -0.39 is 0 Å². The molecule has 3 aromatic heterocycles. The molecule has 0 fully saturated rings. The van der Waals surface area contributed by atoms with Crippen LogP contribution in [0.25, 0.3) is 28.5 Å². The van der Waals surface area contributed by atoms with E-state index in [2.05, 4.69) is 25.3 Å². The lowest BCUT2D eigenvalue weighted by Crippen LogP contribution is -2.02. The minimum absolute atomic E-state index is 0.451. The van der Waals surface area contributed by atoms with Gasteiger partial charge in [-0.3, -0.25) is 9.55 Å². The van der Waals surface area contributed by atoms with Gasteiger partial charge in [0.15, 0.2) is 11.0 Å². The van der Waals surface area contributed by atoms with Gasteiger partial charge >= 0.3 is 0 Å². The van der Waals surface area contributed by atoms with Crippen LogP contribution in [-0.4, -0.2) is 29.9 Å². The van der Waals surface area contributed by atoms with E-state index in [9.17, 15) is 0 Å². The van der Waals surface area contributed by atoms with Crippen molar-refractivity contribution in [1.29, 1.82) is 0 Å². The van der Waals surface area contributed by atoms with Crippen molar-refractivity contribution in [2.75, 3.05) is 0 Å². The number of thioether (sulfide) groups is 1. The number of aromatic nitrogens is 6. The van der Waals surface area contributed by atoms with E-state index in [1.54, 1.807) is 12.4 Å². The Hall–Kier alpha value is -3.49. The fourth-order valence-corrected chi connectivity index (χ4v) is 4.32. The first kappa shape index (κ1) is 21.4. The zero-order valence-corrected chi connectivity index (χ0v) is 19.5. The quantitative estimate of drug-likeness (QED) is 0.281. The Kier molecular flexibility index (Phi) is 5.93. The van der Waals surface area contributed by atoms with Gasteiger partial charge in [-0.2, -0.15) is 4.98 Å². The van der Waals surface area contributed by atoms with Crippen molar-refractivity contribution in [3.8, 4) is 28.5 Å². The molecule has 0 atom stereocenters. The predicted octanol–water partition coefficient (Wildman–Crippen LogP) is 5.94. The molecule has 0 aliphatic rings. The Morgan fingerprint density at radius 1 is 0.939 bits per heavy atom. The number of pyridine rings is 1. The molecule has 164 valence electrons. The molecule has 0 bridgehead atoms. The molecule has 0 amide bonds. The molecule has 2 aromatic carbocycles. The molecule has 0 unspecified atom stereocenters. The van der Waals surface area contributed by atoms with Gasteiger partial charge in [-0.1, -0.05) is 64.4 Å². The standard InChI is InChI=1S/C24H19ClN6OS/c1-15-6-8-17(9-7-15)22-27-21(32-30-22)14-33-24-29-28-23(18-10-12-26-13-11-18)31(24)20-5-3-4-19(25)16(20)2/h3-13H,14H2,1-2H3. The highest BCUT2D eigenvalue weighted by Gasteiger charge is 2.19. The van der Waals surface area contributed by atoms with Gasteiger partial charge in [0.05, 0.1) is 11.4 Å². The fraction of sp³-hybridized carbons (Fsp3) is 0.125. The molecule has 5 aromatic rings. The van der Waals surface area contributed by atoms with Gasteiger partial charge in [-0.05, 0) is 43.7 Å². The summed E-state index contributed by atoms with van der Waals surface area (Å²) in [6.07, 6.45) is 3.47. The first-order valence-corrected chi connectivity index (χ1v) is 11.6. The van der Waals surface area contributed by atoms with Gasteiger partial charge in [0.1, 0.15) is 0 Å². The number of hydrogen-bond donors (Lipinski definition) is 0. The number of hydrogen-bond acceptors (Lipinski definition) is 7. The number of nitrogens with zero attached hydrogens (tertiary/aromatic N) is 6. The minimum atomic E-state index is 0.451. The highest BCUT2D eigenvalue weighted by molar-refractivity contribution is 7.98. The second kappa shape index (κ2) is 9.17. The summed E-state index contributed by atoms with van der Waals surface area (Å²) in [5.74, 6) is 2.23. The Labute approximate surface area is 199 Å². The summed E-state index contributed by atoms with van der Waals surface area (Å²) in [4.78, 5) is 8.65. The monoisotopic (exact) mass is 474 g/mol. The molecule has 0 aliphatic heterocycles. The lowest BCUT2D eigenvalue weighted by molar-refractivity contribution is 0.391. The predicted molar refractivity (Wildman–Crippen MR) is 128 cm³/mol. The van der Waals surface area contributed by atoms with Crippen molar-refractivity contribution in [2.24, 2.45) is 0 Å². The third-order valence-electron chi connectivity index (χ3n) is 5.15. The average molecular weight is 475 g/mol. The average Bonchev–Trinajstić information content (AvgIpc) is 3.48. The molecule has 0 saturated heterocycles. The van der Waals surface area contributed by atoms with Crippen molar-refractivity contribution in [1.82, 2.24) is 29.9 Å². The number of aryl methyl sites for hydroxylation is 1. The van der Waals surface area contributed by atoms with Gasteiger partial charge in [0, 0.05) is 28.5 Å². The largest absolute Gasteiger partial charge is 0.338 e. The molecule has 0 saturated carbocycles. The Morgan fingerprint density at radius 2 is 1.73 bits per heavy atom. The van der Waals surface area contributed by atoms with E-state index in [-0.39, 0.29) is 0 Å². The minimum Gasteiger partial charge on any atom is -0.338 e. The second-order valence-electron chi connectivity index (χ2n) is 7.43. The smallest absolute Gasteiger partial charge is 0.237 e. The maximum absolute atomic E-state index is 6.42. The lowest BCUT2D eigenvalue weighted by Gasteiger charge is -2.13. The zero-order valence-electron chi connectivity index (χ0n) is 17.9. The topological polar surface area (TPSA) is 82.5 Å². The van der Waals surface area contributed by atoms with Gasteiger partial charge in [0.25, 0.3) is 0 Å². The molecule has 9 heteroatoms. The van der Waals surface area contributed by atoms with Crippen molar-refractivity contribution < 1.29 is 4.52 Å². The summed E-state index contributed by atoms with van der Waals surface area (Å²) in [6.45, 7) is 4.02.